The number of nitrogens with one attached hydrogen (secondary N) is 1. The van der Waals surface area contributed by atoms with Gasteiger partial charge in [-0.15, -0.1) is 11.8 Å². The number of benzene rings is 2. The van der Waals surface area contributed by atoms with Crippen molar-refractivity contribution in [1.29, 1.82) is 0 Å². The zero-order chi connectivity index (χ0) is 21.9. The van der Waals surface area contributed by atoms with E-state index in [4.69, 9.17) is 14.6 Å². The number of aliphatic carboxylic acids is 1. The normalized spacial score (nSPS) is 10.8. The number of carbonyl (C=O) groups is 2. The highest BCUT2D eigenvalue weighted by molar-refractivity contribution is 8.00. The highest BCUT2D eigenvalue weighted by Crippen LogP contribution is 2.31. The van der Waals surface area contributed by atoms with Crippen molar-refractivity contribution in [2.24, 2.45) is 0 Å². The second kappa shape index (κ2) is 11.9. The van der Waals surface area contributed by atoms with E-state index in [1.165, 1.54) is 13.2 Å². The Bertz CT molecular complexity index is 910. The van der Waals surface area contributed by atoms with Gasteiger partial charge < -0.3 is 19.9 Å². The summed E-state index contributed by atoms with van der Waals surface area (Å²) in [5.74, 6) is 0.0669. The van der Waals surface area contributed by atoms with Crippen LogP contribution in [0.5, 0.6) is 11.5 Å². The summed E-state index contributed by atoms with van der Waals surface area (Å²) in [5.41, 5.74) is 2.19. The van der Waals surface area contributed by atoms with E-state index in [0.29, 0.717) is 22.8 Å². The van der Waals surface area contributed by atoms with Crippen LogP contribution in [0.4, 0.5) is 5.69 Å². The van der Waals surface area contributed by atoms with Crippen LogP contribution in [-0.2, 0) is 4.79 Å². The summed E-state index contributed by atoms with van der Waals surface area (Å²) in [6, 6.07) is 10.7. The van der Waals surface area contributed by atoms with E-state index < -0.39 is 5.97 Å². The molecule has 2 aromatic carbocycles. The first-order valence-electron chi connectivity index (χ1n) is 9.74. The van der Waals surface area contributed by atoms with Gasteiger partial charge in [0.1, 0.15) is 11.5 Å². The molecule has 0 bridgehead atoms. The van der Waals surface area contributed by atoms with Gasteiger partial charge in [-0.05, 0) is 49.8 Å². The topological polar surface area (TPSA) is 84.9 Å². The van der Waals surface area contributed by atoms with Crippen LogP contribution in [0.3, 0.4) is 0 Å². The lowest BCUT2D eigenvalue weighted by molar-refractivity contribution is -0.133. The first-order chi connectivity index (χ1) is 14.5. The molecule has 0 unspecified atom stereocenters. The molecule has 0 spiro atoms. The minimum Gasteiger partial charge on any atom is -0.496 e. The van der Waals surface area contributed by atoms with Crippen molar-refractivity contribution in [2.75, 3.05) is 31.3 Å². The standard InChI is InChI=1S/C23H27NO5S/c1-4-13-24-23-16(7-6-8-19(23)29-5-2)9-11-18(25)17-10-12-21(20(14-17)28-3)30-15-22(26)27/h6-12,14,24H,4-5,13,15H2,1-3H3,(H,26,27)/b11-9+. The highest BCUT2D eigenvalue weighted by atomic mass is 32.2. The summed E-state index contributed by atoms with van der Waals surface area (Å²) in [6.45, 7) is 5.37. The van der Waals surface area contributed by atoms with E-state index in [9.17, 15) is 9.59 Å². The van der Waals surface area contributed by atoms with E-state index in [-0.39, 0.29) is 11.5 Å². The smallest absolute Gasteiger partial charge is 0.313 e. The van der Waals surface area contributed by atoms with Crippen LogP contribution in [0.2, 0.25) is 0 Å². The fraction of sp³-hybridized carbons (Fsp3) is 0.304. The van der Waals surface area contributed by atoms with Gasteiger partial charge in [-0.1, -0.05) is 19.1 Å². The average Bonchev–Trinajstić information content (AvgIpc) is 2.75. The van der Waals surface area contributed by atoms with E-state index >= 15 is 0 Å². The molecule has 0 amide bonds. The van der Waals surface area contributed by atoms with Crippen LogP contribution < -0.4 is 14.8 Å². The van der Waals surface area contributed by atoms with Crippen LogP contribution in [0.25, 0.3) is 6.08 Å². The minimum atomic E-state index is -0.910. The number of thioether (sulfide) groups is 1. The van der Waals surface area contributed by atoms with E-state index in [1.54, 1.807) is 24.3 Å². The van der Waals surface area contributed by atoms with Crippen molar-refractivity contribution in [3.63, 3.8) is 0 Å². The first kappa shape index (κ1) is 23.3. The molecule has 0 atom stereocenters. The summed E-state index contributed by atoms with van der Waals surface area (Å²) in [4.78, 5) is 24.2. The van der Waals surface area contributed by atoms with Gasteiger partial charge >= 0.3 is 5.97 Å². The first-order valence-corrected chi connectivity index (χ1v) is 10.7. The number of hydrogen-bond acceptors (Lipinski definition) is 6. The zero-order valence-electron chi connectivity index (χ0n) is 17.4. The van der Waals surface area contributed by atoms with Crippen LogP contribution in [0, 0.1) is 0 Å². The predicted molar refractivity (Wildman–Crippen MR) is 121 cm³/mol. The van der Waals surface area contributed by atoms with E-state index in [1.807, 2.05) is 25.1 Å². The maximum atomic E-state index is 12.7. The maximum absolute atomic E-state index is 12.7. The van der Waals surface area contributed by atoms with Crippen LogP contribution >= 0.6 is 11.8 Å². The van der Waals surface area contributed by atoms with Crippen molar-refractivity contribution < 1.29 is 24.2 Å². The molecule has 30 heavy (non-hydrogen) atoms. The molecule has 0 aliphatic rings. The molecule has 0 radical (unpaired) electrons. The van der Waals surface area contributed by atoms with Crippen molar-refractivity contribution in [1.82, 2.24) is 0 Å². The van der Waals surface area contributed by atoms with Crippen molar-refractivity contribution in [3.05, 3.63) is 53.6 Å². The van der Waals surface area contributed by atoms with Gasteiger partial charge in [0, 0.05) is 22.6 Å². The summed E-state index contributed by atoms with van der Waals surface area (Å²) < 4.78 is 11.0. The van der Waals surface area contributed by atoms with Crippen LogP contribution in [-0.4, -0.2) is 42.9 Å². The number of rotatable bonds is 12. The minimum absolute atomic E-state index is 0.0761. The Labute approximate surface area is 181 Å². The molecule has 0 fully saturated rings. The Morgan fingerprint density at radius 1 is 1.17 bits per heavy atom. The molecule has 160 valence electrons. The Morgan fingerprint density at radius 2 is 1.97 bits per heavy atom. The molecule has 6 nitrogen and oxygen atoms in total. The van der Waals surface area contributed by atoms with E-state index in [2.05, 4.69) is 12.2 Å². The number of carbonyl (C=O) groups excluding carboxylic acids is 1. The number of anilines is 1. The molecule has 0 heterocycles. The summed E-state index contributed by atoms with van der Waals surface area (Å²) in [6.07, 6.45) is 4.25. The lowest BCUT2D eigenvalue weighted by Gasteiger charge is -2.14. The van der Waals surface area contributed by atoms with E-state index in [0.717, 1.165) is 41.7 Å². The Balaban J connectivity index is 2.24. The van der Waals surface area contributed by atoms with Gasteiger partial charge in [0.15, 0.2) is 5.78 Å². The Kier molecular flexibility index (Phi) is 9.28. The second-order valence-electron chi connectivity index (χ2n) is 6.33. The third kappa shape index (κ3) is 6.56. The van der Waals surface area contributed by atoms with Gasteiger partial charge in [0.2, 0.25) is 0 Å². The van der Waals surface area contributed by atoms with Gasteiger partial charge in [-0.2, -0.15) is 0 Å². The molecule has 2 rings (SSSR count). The highest BCUT2D eigenvalue weighted by Gasteiger charge is 2.11. The number of carboxylic acids is 1. The molecular formula is C23H27NO5S. The summed E-state index contributed by atoms with van der Waals surface area (Å²) in [5, 5.41) is 12.2. The maximum Gasteiger partial charge on any atom is 0.313 e. The molecule has 0 saturated heterocycles. The Hall–Kier alpha value is -2.93. The molecule has 0 aliphatic carbocycles. The van der Waals surface area contributed by atoms with Gasteiger partial charge in [-0.3, -0.25) is 9.59 Å². The molecular weight excluding hydrogens is 402 g/mol. The zero-order valence-corrected chi connectivity index (χ0v) is 18.3. The number of allylic oxidation sites excluding steroid dienone is 1. The number of methoxy groups -OCH3 is 1. The number of hydrogen-bond donors (Lipinski definition) is 2. The van der Waals surface area contributed by atoms with Gasteiger partial charge in [0.05, 0.1) is 25.2 Å². The Morgan fingerprint density at radius 3 is 2.63 bits per heavy atom. The number of para-hydroxylation sites is 1. The number of ether oxygens (including phenoxy) is 2. The van der Waals surface area contributed by atoms with Crippen molar-refractivity contribution >= 4 is 35.3 Å². The third-order valence-electron chi connectivity index (χ3n) is 4.12. The van der Waals surface area contributed by atoms with Crippen molar-refractivity contribution in [3.8, 4) is 11.5 Å². The molecule has 0 aromatic heterocycles. The van der Waals surface area contributed by atoms with Gasteiger partial charge in [0.25, 0.3) is 0 Å². The predicted octanol–water partition coefficient (Wildman–Crippen LogP) is 4.99. The number of carboxylic acid groups (broad SMARTS) is 1. The summed E-state index contributed by atoms with van der Waals surface area (Å²) in [7, 11) is 1.50. The third-order valence-corrected chi connectivity index (χ3v) is 5.16. The second-order valence-corrected chi connectivity index (χ2v) is 7.34. The van der Waals surface area contributed by atoms with Gasteiger partial charge in [-0.25, -0.2) is 0 Å². The van der Waals surface area contributed by atoms with Crippen LogP contribution in [0.15, 0.2) is 47.4 Å². The lowest BCUT2D eigenvalue weighted by atomic mass is 10.1. The monoisotopic (exact) mass is 429 g/mol. The molecule has 0 aliphatic heterocycles. The number of ketones is 1. The van der Waals surface area contributed by atoms with Crippen molar-refractivity contribution in [2.45, 2.75) is 25.2 Å². The average molecular weight is 430 g/mol. The fourth-order valence-corrected chi connectivity index (χ4v) is 3.47. The largest absolute Gasteiger partial charge is 0.496 e. The quantitative estimate of drug-likeness (QED) is 0.279. The SMILES string of the molecule is CCCNc1c(/C=C/C(=O)c2ccc(SCC(=O)O)c(OC)c2)cccc1OCC. The summed E-state index contributed by atoms with van der Waals surface area (Å²) >= 11 is 1.15. The molecule has 0 saturated carbocycles. The molecule has 7 heteroatoms. The molecule has 2 aromatic rings. The lowest BCUT2D eigenvalue weighted by Crippen LogP contribution is -2.05. The molecule has 2 N–H and O–H groups in total. The van der Waals surface area contributed by atoms with Crippen LogP contribution in [0.1, 0.15) is 36.2 Å². The fourth-order valence-electron chi connectivity index (χ4n) is 2.74.